The molecule has 0 bridgehead atoms. The first-order valence-electron chi connectivity index (χ1n) is 10.9. The van der Waals surface area contributed by atoms with Crippen LogP contribution in [0.15, 0.2) is 100 Å². The van der Waals surface area contributed by atoms with Gasteiger partial charge in [-0.2, -0.15) is 0 Å². The number of hydrogen-bond donors (Lipinski definition) is 2. The highest BCUT2D eigenvalue weighted by Gasteiger charge is 2.19. The lowest BCUT2D eigenvalue weighted by molar-refractivity contribution is 0.448. The SMILES string of the molecule is O=c1c(O)c(-c2ccc(-c3oc4cc5ccoc5cc4c(=O)c3O)cc2)oc2cc3occc3cc12. The summed E-state index contributed by atoms with van der Waals surface area (Å²) in [7, 11) is 0. The van der Waals surface area contributed by atoms with Crippen LogP contribution in [0.2, 0.25) is 0 Å². The van der Waals surface area contributed by atoms with E-state index in [2.05, 4.69) is 0 Å². The Hall–Kier alpha value is -5.24. The molecule has 4 aromatic heterocycles. The highest BCUT2D eigenvalue weighted by Crippen LogP contribution is 2.36. The Morgan fingerprint density at radius 3 is 1.58 bits per heavy atom. The Bertz CT molecular complexity index is 1950. The van der Waals surface area contributed by atoms with Gasteiger partial charge >= 0.3 is 0 Å². The van der Waals surface area contributed by atoms with Gasteiger partial charge in [0.1, 0.15) is 22.3 Å². The Labute approximate surface area is 199 Å². The van der Waals surface area contributed by atoms with E-state index in [-0.39, 0.29) is 27.9 Å². The van der Waals surface area contributed by atoms with E-state index in [1.54, 1.807) is 54.6 Å². The van der Waals surface area contributed by atoms with Gasteiger partial charge in [0.2, 0.25) is 22.4 Å². The molecule has 2 N–H and O–H groups in total. The summed E-state index contributed by atoms with van der Waals surface area (Å²) in [6.45, 7) is 0. The van der Waals surface area contributed by atoms with Crippen LogP contribution in [0, 0.1) is 0 Å². The summed E-state index contributed by atoms with van der Waals surface area (Å²) >= 11 is 0. The lowest BCUT2D eigenvalue weighted by Crippen LogP contribution is -2.03. The van der Waals surface area contributed by atoms with Crippen LogP contribution in [0.1, 0.15) is 0 Å². The number of hydrogen-bond acceptors (Lipinski definition) is 8. The van der Waals surface area contributed by atoms with Crippen molar-refractivity contribution >= 4 is 43.9 Å². The van der Waals surface area contributed by atoms with E-state index >= 15 is 0 Å². The second-order valence-corrected chi connectivity index (χ2v) is 8.41. The second kappa shape index (κ2) is 7.13. The van der Waals surface area contributed by atoms with Crippen molar-refractivity contribution in [3.8, 4) is 34.1 Å². The van der Waals surface area contributed by atoms with Gasteiger partial charge in [0.05, 0.1) is 23.3 Å². The van der Waals surface area contributed by atoms with Crippen LogP contribution in [0.5, 0.6) is 11.5 Å². The summed E-state index contributed by atoms with van der Waals surface area (Å²) in [5.41, 5.74) is 1.30. The van der Waals surface area contributed by atoms with Crippen LogP contribution < -0.4 is 10.9 Å². The van der Waals surface area contributed by atoms with Gasteiger partial charge in [0.25, 0.3) is 0 Å². The zero-order chi connectivity index (χ0) is 24.6. The molecular weight excluding hydrogens is 464 g/mol. The topological polar surface area (TPSA) is 127 Å². The van der Waals surface area contributed by atoms with Crippen LogP contribution in [0.4, 0.5) is 0 Å². The maximum atomic E-state index is 12.8. The van der Waals surface area contributed by atoms with Gasteiger partial charge in [-0.15, -0.1) is 0 Å². The van der Waals surface area contributed by atoms with Crippen molar-refractivity contribution in [3.63, 3.8) is 0 Å². The van der Waals surface area contributed by atoms with Gasteiger partial charge in [-0.3, -0.25) is 9.59 Å². The van der Waals surface area contributed by atoms with Gasteiger partial charge < -0.3 is 27.9 Å². The number of aromatic hydroxyl groups is 2. The van der Waals surface area contributed by atoms with E-state index < -0.39 is 22.4 Å². The Morgan fingerprint density at radius 2 is 1.00 bits per heavy atom. The summed E-state index contributed by atoms with van der Waals surface area (Å²) < 4.78 is 22.5. The highest BCUT2D eigenvalue weighted by molar-refractivity contribution is 5.95. The molecule has 4 heterocycles. The molecule has 0 saturated heterocycles. The van der Waals surface area contributed by atoms with E-state index in [1.165, 1.54) is 18.6 Å². The van der Waals surface area contributed by atoms with Crippen LogP contribution >= 0.6 is 0 Å². The number of benzene rings is 3. The van der Waals surface area contributed by atoms with Crippen molar-refractivity contribution in [1.29, 1.82) is 0 Å². The fourth-order valence-electron chi connectivity index (χ4n) is 4.45. The van der Waals surface area contributed by atoms with Crippen LogP contribution in [-0.2, 0) is 0 Å². The molecule has 0 radical (unpaired) electrons. The van der Waals surface area contributed by atoms with Crippen LogP contribution in [0.25, 0.3) is 66.5 Å². The fourth-order valence-corrected chi connectivity index (χ4v) is 4.45. The predicted octanol–water partition coefficient (Wildman–Crippen LogP) is 6.14. The average Bonchev–Trinajstić information content (AvgIpc) is 3.55. The van der Waals surface area contributed by atoms with E-state index in [0.29, 0.717) is 27.9 Å². The Kier molecular flexibility index (Phi) is 3.99. The molecule has 7 aromatic rings. The minimum atomic E-state index is -0.587. The highest BCUT2D eigenvalue weighted by atomic mass is 16.4. The minimum Gasteiger partial charge on any atom is -0.502 e. The van der Waals surface area contributed by atoms with E-state index in [9.17, 15) is 19.8 Å². The summed E-state index contributed by atoms with van der Waals surface area (Å²) in [5.74, 6) is -1.09. The maximum absolute atomic E-state index is 12.8. The molecule has 3 aromatic carbocycles. The molecule has 0 amide bonds. The first-order chi connectivity index (χ1) is 17.5. The largest absolute Gasteiger partial charge is 0.502 e. The third-order valence-corrected chi connectivity index (χ3v) is 6.29. The molecule has 0 fully saturated rings. The quantitative estimate of drug-likeness (QED) is 0.303. The molecule has 8 nitrogen and oxygen atoms in total. The Balaban J connectivity index is 1.36. The number of furan rings is 2. The van der Waals surface area contributed by atoms with Gasteiger partial charge in [0.15, 0.2) is 11.5 Å². The van der Waals surface area contributed by atoms with E-state index in [1.807, 2.05) is 0 Å². The molecule has 0 aliphatic heterocycles. The van der Waals surface area contributed by atoms with Crippen molar-refractivity contribution < 1.29 is 27.9 Å². The molecule has 0 atom stereocenters. The first-order valence-corrected chi connectivity index (χ1v) is 10.9. The van der Waals surface area contributed by atoms with Crippen molar-refractivity contribution in [3.05, 3.63) is 93.6 Å². The molecule has 7 rings (SSSR count). The number of fused-ring (bicyclic) bond motifs is 4. The molecule has 8 heteroatoms. The summed E-state index contributed by atoms with van der Waals surface area (Å²) in [4.78, 5) is 25.6. The van der Waals surface area contributed by atoms with Crippen molar-refractivity contribution in [2.24, 2.45) is 0 Å². The maximum Gasteiger partial charge on any atom is 0.235 e. The zero-order valence-electron chi connectivity index (χ0n) is 18.3. The van der Waals surface area contributed by atoms with Gasteiger partial charge in [0, 0.05) is 28.0 Å². The monoisotopic (exact) mass is 478 g/mol. The lowest BCUT2D eigenvalue weighted by Gasteiger charge is -2.09. The molecular formula is C28H14O8. The predicted molar refractivity (Wildman–Crippen MR) is 132 cm³/mol. The van der Waals surface area contributed by atoms with Crippen molar-refractivity contribution in [1.82, 2.24) is 0 Å². The van der Waals surface area contributed by atoms with E-state index in [0.717, 1.165) is 10.8 Å². The summed E-state index contributed by atoms with van der Waals surface area (Å²) in [5, 5.41) is 23.1. The fraction of sp³-hybridized carbons (Fsp3) is 0. The first kappa shape index (κ1) is 20.2. The van der Waals surface area contributed by atoms with Gasteiger partial charge in [-0.05, 0) is 30.3 Å². The summed E-state index contributed by atoms with van der Waals surface area (Å²) in [6.07, 6.45) is 3.01. The second-order valence-electron chi connectivity index (χ2n) is 8.41. The zero-order valence-corrected chi connectivity index (χ0v) is 18.3. The van der Waals surface area contributed by atoms with Crippen LogP contribution in [0.3, 0.4) is 0 Å². The molecule has 174 valence electrons. The Morgan fingerprint density at radius 1 is 0.528 bits per heavy atom. The van der Waals surface area contributed by atoms with Crippen LogP contribution in [-0.4, -0.2) is 10.2 Å². The molecule has 0 unspecified atom stereocenters. The van der Waals surface area contributed by atoms with E-state index in [4.69, 9.17) is 17.7 Å². The summed E-state index contributed by atoms with van der Waals surface area (Å²) in [6, 6.07) is 16.2. The smallest absolute Gasteiger partial charge is 0.235 e. The average molecular weight is 478 g/mol. The standard InChI is InChI=1S/C28H14O8/c29-23-17-9-15-5-7-34-20(15)12-22(17)36-28(25(23)31)14-3-1-13(2-4-14)27-26(32)24(30)18-11-19-16(6-8-33-19)10-21(18)35-27/h1-12,31-32H. The molecule has 0 aliphatic rings. The third kappa shape index (κ3) is 2.81. The van der Waals surface area contributed by atoms with Gasteiger partial charge in [-0.25, -0.2) is 0 Å². The molecule has 0 saturated carbocycles. The normalized spacial score (nSPS) is 11.8. The molecule has 36 heavy (non-hydrogen) atoms. The van der Waals surface area contributed by atoms with Crippen molar-refractivity contribution in [2.45, 2.75) is 0 Å². The third-order valence-electron chi connectivity index (χ3n) is 6.29. The molecule has 0 aliphatic carbocycles. The van der Waals surface area contributed by atoms with Gasteiger partial charge in [-0.1, -0.05) is 24.3 Å². The molecule has 0 spiro atoms. The minimum absolute atomic E-state index is 0.00806. The van der Waals surface area contributed by atoms with Crippen molar-refractivity contribution in [2.75, 3.05) is 0 Å². The number of rotatable bonds is 2. The lowest BCUT2D eigenvalue weighted by atomic mass is 10.0.